The SMILES string of the molecule is C=CC(=O)C1CC[C@H](C(=O)N(C)[C@H](C(=O)N[C@H]2Cc3cc(O)cc(c3)-c3ccc4c(c3)c(c(-c3cccnc3)n4C3CC3)CC(C)(C)COC(=O)[C@@H]3CCCN(N3)C2=O)C(C)C)C1. The number of carbonyl (C=O) groups excluding carboxylic acids is 5. The van der Waals surface area contributed by atoms with Gasteiger partial charge in [0.15, 0.2) is 5.78 Å². The molecular formula is C50H60N6O7. The van der Waals surface area contributed by atoms with Crippen molar-refractivity contribution in [2.75, 3.05) is 20.2 Å². The molecule has 2 saturated carbocycles. The van der Waals surface area contributed by atoms with Gasteiger partial charge in [-0.2, -0.15) is 0 Å². The maximum atomic E-state index is 14.7. The summed E-state index contributed by atoms with van der Waals surface area (Å²) in [5, 5.41) is 16.7. The summed E-state index contributed by atoms with van der Waals surface area (Å²) in [5.41, 5.74) is 9.21. The van der Waals surface area contributed by atoms with Gasteiger partial charge in [0.05, 0.1) is 12.3 Å². The number of phenols is 1. The standard InChI is InChI=1S/C50H60N6O7/c1-7-43(58)32-12-13-33(23-32)47(60)54(6)44(29(2)3)46(59)52-41-22-30-20-35(24-37(57)21-30)31-14-17-42-38(25-31)39(45(56(42)36-15-16-36)34-10-8-18-51-27-34)26-50(4,5)28-63-49(62)40-11-9-19-55(53-40)48(41)61/h7-8,10,14,17-18,20-21,24-25,27,29,32-33,36,40-41,44,53,57H,1,9,11-13,15-16,19,22-23,26,28H2,2-6H3,(H,52,59)/t32?,33-,40-,41-,44-/m0/s1. The minimum atomic E-state index is -1.14. The number of rotatable bonds is 9. The number of phenolic OH excluding ortho intramolecular Hbond substituents is 1. The Bertz CT molecular complexity index is 2440. The van der Waals surface area contributed by atoms with Crippen molar-refractivity contribution in [2.45, 2.75) is 110 Å². The first-order chi connectivity index (χ1) is 30.1. The van der Waals surface area contributed by atoms with Crippen molar-refractivity contribution in [2.24, 2.45) is 23.2 Å². The second-order valence-corrected chi connectivity index (χ2v) is 19.3. The van der Waals surface area contributed by atoms with Gasteiger partial charge in [-0.15, -0.1) is 0 Å². The number of carbonyl (C=O) groups is 5. The molecule has 4 aromatic rings. The third-order valence-electron chi connectivity index (χ3n) is 13.4. The third-order valence-corrected chi connectivity index (χ3v) is 13.4. The highest BCUT2D eigenvalue weighted by Crippen LogP contribution is 2.47. The number of ether oxygens (including phenoxy) is 1. The molecule has 0 spiro atoms. The molecule has 2 aliphatic carbocycles. The van der Waals surface area contributed by atoms with Gasteiger partial charge in [-0.05, 0) is 122 Å². The molecule has 4 aliphatic rings. The zero-order valence-corrected chi connectivity index (χ0v) is 37.1. The Kier molecular flexibility index (Phi) is 12.3. The predicted molar refractivity (Wildman–Crippen MR) is 240 cm³/mol. The Labute approximate surface area is 369 Å². The van der Waals surface area contributed by atoms with E-state index in [2.05, 4.69) is 65.0 Å². The Morgan fingerprint density at radius 2 is 1.79 bits per heavy atom. The highest BCUT2D eigenvalue weighted by molar-refractivity contribution is 5.96. The van der Waals surface area contributed by atoms with Crippen LogP contribution in [0, 0.1) is 23.2 Å². The Hall–Kier alpha value is -5.82. The van der Waals surface area contributed by atoms with Crippen LogP contribution in [0.15, 0.2) is 73.6 Å². The predicted octanol–water partition coefficient (Wildman–Crippen LogP) is 6.71. The Morgan fingerprint density at radius 3 is 2.51 bits per heavy atom. The number of esters is 1. The van der Waals surface area contributed by atoms with Crippen molar-refractivity contribution in [1.29, 1.82) is 0 Å². The lowest BCUT2D eigenvalue weighted by Crippen LogP contribution is -2.62. The van der Waals surface area contributed by atoms with Crippen LogP contribution in [0.1, 0.15) is 89.8 Å². The van der Waals surface area contributed by atoms with E-state index >= 15 is 0 Å². The Morgan fingerprint density at radius 1 is 1.02 bits per heavy atom. The number of benzene rings is 2. The molecule has 2 aliphatic heterocycles. The maximum absolute atomic E-state index is 14.7. The molecule has 6 bridgehead atoms. The minimum absolute atomic E-state index is 0.0107. The van der Waals surface area contributed by atoms with Crippen LogP contribution < -0.4 is 10.7 Å². The van der Waals surface area contributed by atoms with Crippen LogP contribution >= 0.6 is 0 Å². The number of pyridine rings is 1. The first-order valence-corrected chi connectivity index (χ1v) is 22.5. The van der Waals surface area contributed by atoms with E-state index in [1.807, 2.05) is 32.2 Å². The van der Waals surface area contributed by atoms with E-state index in [-0.39, 0.29) is 42.3 Å². The molecule has 1 saturated heterocycles. The van der Waals surface area contributed by atoms with E-state index in [0.717, 1.165) is 51.7 Å². The van der Waals surface area contributed by atoms with Crippen LogP contribution in [-0.2, 0) is 41.6 Å². The van der Waals surface area contributed by atoms with Gasteiger partial charge in [0.2, 0.25) is 11.8 Å². The second kappa shape index (κ2) is 17.7. The van der Waals surface area contributed by atoms with Crippen molar-refractivity contribution in [3.8, 4) is 28.1 Å². The molecule has 1 unspecified atom stereocenters. The van der Waals surface area contributed by atoms with Gasteiger partial charge in [0.1, 0.15) is 23.9 Å². The fourth-order valence-corrected chi connectivity index (χ4v) is 10.1. The van der Waals surface area contributed by atoms with Crippen molar-refractivity contribution in [1.82, 2.24) is 30.2 Å². The van der Waals surface area contributed by atoms with E-state index in [4.69, 9.17) is 4.74 Å². The van der Waals surface area contributed by atoms with E-state index < -0.39 is 47.2 Å². The molecule has 2 aromatic carbocycles. The first kappa shape index (κ1) is 43.8. The number of ketones is 1. The second-order valence-electron chi connectivity index (χ2n) is 19.3. The average molecular weight is 857 g/mol. The van der Waals surface area contributed by atoms with Crippen LogP contribution in [0.2, 0.25) is 0 Å². The zero-order valence-electron chi connectivity index (χ0n) is 37.1. The van der Waals surface area contributed by atoms with Gasteiger partial charge in [-0.1, -0.05) is 46.4 Å². The van der Waals surface area contributed by atoms with E-state index in [0.29, 0.717) is 56.7 Å². The quantitative estimate of drug-likeness (QED) is 0.123. The maximum Gasteiger partial charge on any atom is 0.324 e. The van der Waals surface area contributed by atoms with Gasteiger partial charge >= 0.3 is 5.97 Å². The molecule has 3 N–H and O–H groups in total. The van der Waals surface area contributed by atoms with Crippen LogP contribution in [0.5, 0.6) is 5.75 Å². The number of hydrogen-bond acceptors (Lipinski definition) is 9. The summed E-state index contributed by atoms with van der Waals surface area (Å²) in [7, 11) is 1.60. The third kappa shape index (κ3) is 9.16. The van der Waals surface area contributed by atoms with Crippen molar-refractivity contribution in [3.05, 3.63) is 84.7 Å². The highest BCUT2D eigenvalue weighted by atomic mass is 16.5. The van der Waals surface area contributed by atoms with E-state index in [9.17, 15) is 29.1 Å². The molecule has 63 heavy (non-hydrogen) atoms. The topological polar surface area (TPSA) is 163 Å². The summed E-state index contributed by atoms with van der Waals surface area (Å²) < 4.78 is 8.52. The fraction of sp³-hybridized carbons (Fsp3) is 0.480. The van der Waals surface area contributed by atoms with Crippen molar-refractivity contribution < 1.29 is 33.8 Å². The number of nitrogens with one attached hydrogen (secondary N) is 2. The van der Waals surface area contributed by atoms with Crippen LogP contribution in [-0.4, -0.2) is 92.4 Å². The summed E-state index contributed by atoms with van der Waals surface area (Å²) in [4.78, 5) is 75.2. The number of cyclic esters (lactones) is 1. The molecule has 3 amide bonds. The van der Waals surface area contributed by atoms with E-state index in [1.165, 1.54) is 16.0 Å². The smallest absolute Gasteiger partial charge is 0.324 e. The number of aromatic hydroxyl groups is 1. The average Bonchev–Trinajstić information content (AvgIpc) is 3.90. The summed E-state index contributed by atoms with van der Waals surface area (Å²) in [6.45, 7) is 11.9. The lowest BCUT2D eigenvalue weighted by molar-refractivity contribution is -0.155. The zero-order chi connectivity index (χ0) is 44.7. The lowest BCUT2D eigenvalue weighted by atomic mass is 9.84. The summed E-state index contributed by atoms with van der Waals surface area (Å²) in [6.07, 6.45) is 10.2. The lowest BCUT2D eigenvalue weighted by Gasteiger charge is -2.37. The van der Waals surface area contributed by atoms with Crippen LogP contribution in [0.3, 0.4) is 0 Å². The van der Waals surface area contributed by atoms with Gasteiger partial charge in [0, 0.05) is 72.2 Å². The molecule has 13 heteroatoms. The molecule has 8 rings (SSSR count). The molecule has 13 nitrogen and oxygen atoms in total. The van der Waals surface area contributed by atoms with Gasteiger partial charge < -0.3 is 24.6 Å². The minimum Gasteiger partial charge on any atom is -0.508 e. The highest BCUT2D eigenvalue weighted by Gasteiger charge is 2.41. The number of fused-ring (bicyclic) bond motifs is 6. The largest absolute Gasteiger partial charge is 0.508 e. The molecule has 0 radical (unpaired) electrons. The normalized spacial score (nSPS) is 23.2. The number of aromatic nitrogens is 2. The van der Waals surface area contributed by atoms with Crippen molar-refractivity contribution in [3.63, 3.8) is 0 Å². The first-order valence-electron chi connectivity index (χ1n) is 22.5. The van der Waals surface area contributed by atoms with E-state index in [1.54, 1.807) is 25.4 Å². The number of hydrazine groups is 1. The summed E-state index contributed by atoms with van der Waals surface area (Å²) in [6, 6.07) is 13.2. The number of allylic oxidation sites excluding steroid dienone is 1. The van der Waals surface area contributed by atoms with Crippen LogP contribution in [0.25, 0.3) is 33.3 Å². The molecule has 332 valence electrons. The number of amides is 3. The number of hydrogen-bond donors (Lipinski definition) is 3. The fourth-order valence-electron chi connectivity index (χ4n) is 10.1. The van der Waals surface area contributed by atoms with Gasteiger partial charge in [-0.3, -0.25) is 34.0 Å². The monoisotopic (exact) mass is 856 g/mol. The molecule has 4 heterocycles. The molecular weight excluding hydrogens is 797 g/mol. The van der Waals surface area contributed by atoms with Crippen LogP contribution in [0.4, 0.5) is 0 Å². The molecule has 3 fully saturated rings. The number of nitrogens with zero attached hydrogens (tertiary/aromatic N) is 4. The molecule has 5 atom stereocenters. The summed E-state index contributed by atoms with van der Waals surface area (Å²) >= 11 is 0. The Balaban J connectivity index is 1.18. The summed E-state index contributed by atoms with van der Waals surface area (Å²) in [5.74, 6) is -2.71. The van der Waals surface area contributed by atoms with Gasteiger partial charge in [0.25, 0.3) is 5.91 Å². The number of likely N-dealkylation sites (N-methyl/N-ethyl adjacent to an activating group) is 1. The van der Waals surface area contributed by atoms with Gasteiger partial charge in [-0.25, -0.2) is 5.43 Å². The van der Waals surface area contributed by atoms with Crippen molar-refractivity contribution >= 4 is 40.4 Å². The molecule has 2 aromatic heterocycles.